The summed E-state index contributed by atoms with van der Waals surface area (Å²) in [5, 5.41) is 11.6. The topological polar surface area (TPSA) is 65.5 Å². The van der Waals surface area contributed by atoms with Crippen molar-refractivity contribution in [3.8, 4) is 0 Å². The summed E-state index contributed by atoms with van der Waals surface area (Å²) >= 11 is 3.30. The molecule has 0 aromatic carbocycles. The second-order valence-electron chi connectivity index (χ2n) is 3.74. The Labute approximate surface area is 102 Å². The summed E-state index contributed by atoms with van der Waals surface area (Å²) in [5.41, 5.74) is 0.701. The highest BCUT2D eigenvalue weighted by Crippen LogP contribution is 2.22. The van der Waals surface area contributed by atoms with E-state index in [-0.39, 0.29) is 18.6 Å². The number of hydrogen-bond donors (Lipinski definition) is 2. The van der Waals surface area contributed by atoms with Crippen molar-refractivity contribution in [2.75, 3.05) is 25.0 Å². The predicted molar refractivity (Wildman–Crippen MR) is 63.1 cm³/mol. The predicted octanol–water partition coefficient (Wildman–Crippen LogP) is 1.30. The number of amides is 2. The number of anilines is 1. The van der Waals surface area contributed by atoms with Crippen LogP contribution in [0.1, 0.15) is 0 Å². The molecule has 1 fully saturated rings. The summed E-state index contributed by atoms with van der Waals surface area (Å²) in [4.78, 5) is 17.3. The number of carbonyl (C=O) groups is 1. The second kappa shape index (κ2) is 4.80. The minimum atomic E-state index is -0.142. The summed E-state index contributed by atoms with van der Waals surface area (Å²) in [6.45, 7) is 1.37. The molecule has 0 bridgehead atoms. The standard InChI is InChI=1S/C10H12BrN3O2/c11-8-3-12-2-1-9(8)13-10(16)14-4-7(5-14)6-15/h1-3,7,15H,4-6H2,(H,12,13,16). The molecule has 1 aromatic rings. The van der Waals surface area contributed by atoms with Crippen LogP contribution in [0, 0.1) is 5.92 Å². The number of halogens is 1. The van der Waals surface area contributed by atoms with Crippen molar-refractivity contribution in [1.82, 2.24) is 9.88 Å². The van der Waals surface area contributed by atoms with Crippen LogP contribution in [0.25, 0.3) is 0 Å². The van der Waals surface area contributed by atoms with E-state index in [4.69, 9.17) is 5.11 Å². The van der Waals surface area contributed by atoms with Crippen LogP contribution in [0.5, 0.6) is 0 Å². The van der Waals surface area contributed by atoms with Gasteiger partial charge in [0, 0.05) is 38.0 Å². The molecule has 0 aliphatic carbocycles. The van der Waals surface area contributed by atoms with Gasteiger partial charge >= 0.3 is 6.03 Å². The average Bonchev–Trinajstić information content (AvgIpc) is 2.20. The Bertz CT molecular complexity index is 393. The molecule has 0 radical (unpaired) electrons. The van der Waals surface area contributed by atoms with Crippen LogP contribution < -0.4 is 5.32 Å². The van der Waals surface area contributed by atoms with E-state index in [1.165, 1.54) is 0 Å². The van der Waals surface area contributed by atoms with E-state index in [1.807, 2.05) is 0 Å². The van der Waals surface area contributed by atoms with Gasteiger partial charge in [-0.2, -0.15) is 0 Å². The maximum Gasteiger partial charge on any atom is 0.321 e. The van der Waals surface area contributed by atoms with Gasteiger partial charge < -0.3 is 15.3 Å². The number of likely N-dealkylation sites (tertiary alicyclic amines) is 1. The molecule has 0 unspecified atom stereocenters. The van der Waals surface area contributed by atoms with Gasteiger partial charge in [0.15, 0.2) is 0 Å². The Kier molecular flexibility index (Phi) is 3.40. The molecule has 16 heavy (non-hydrogen) atoms. The van der Waals surface area contributed by atoms with Crippen molar-refractivity contribution in [1.29, 1.82) is 0 Å². The lowest BCUT2D eigenvalue weighted by Gasteiger charge is -2.38. The minimum Gasteiger partial charge on any atom is -0.396 e. The number of nitrogens with one attached hydrogen (secondary N) is 1. The SMILES string of the molecule is O=C(Nc1ccncc1Br)N1CC(CO)C1. The molecule has 2 rings (SSSR count). The molecule has 86 valence electrons. The van der Waals surface area contributed by atoms with E-state index >= 15 is 0 Å². The highest BCUT2D eigenvalue weighted by Gasteiger charge is 2.29. The fraction of sp³-hybridized carbons (Fsp3) is 0.400. The molecule has 1 saturated heterocycles. The molecule has 5 nitrogen and oxygen atoms in total. The van der Waals surface area contributed by atoms with Crippen LogP contribution in [0.15, 0.2) is 22.9 Å². The molecule has 2 heterocycles. The lowest BCUT2D eigenvalue weighted by Crippen LogP contribution is -2.52. The van der Waals surface area contributed by atoms with E-state index in [9.17, 15) is 4.79 Å². The summed E-state index contributed by atoms with van der Waals surface area (Å²) in [7, 11) is 0. The first kappa shape index (κ1) is 11.3. The van der Waals surface area contributed by atoms with Gasteiger partial charge in [0.2, 0.25) is 0 Å². The number of carbonyl (C=O) groups excluding carboxylic acids is 1. The molecular weight excluding hydrogens is 274 g/mol. The largest absolute Gasteiger partial charge is 0.396 e. The van der Waals surface area contributed by atoms with E-state index < -0.39 is 0 Å². The number of urea groups is 1. The van der Waals surface area contributed by atoms with Crippen molar-refractivity contribution < 1.29 is 9.90 Å². The molecule has 6 heteroatoms. The zero-order valence-electron chi connectivity index (χ0n) is 8.56. The molecule has 0 spiro atoms. The smallest absolute Gasteiger partial charge is 0.321 e. The maximum atomic E-state index is 11.7. The minimum absolute atomic E-state index is 0.142. The van der Waals surface area contributed by atoms with Crippen LogP contribution in [0.4, 0.5) is 10.5 Å². The van der Waals surface area contributed by atoms with Gasteiger partial charge in [0.25, 0.3) is 0 Å². The highest BCUT2D eigenvalue weighted by molar-refractivity contribution is 9.10. The van der Waals surface area contributed by atoms with Crippen molar-refractivity contribution in [3.05, 3.63) is 22.9 Å². The molecule has 2 N–H and O–H groups in total. The fourth-order valence-electron chi connectivity index (χ4n) is 1.52. The lowest BCUT2D eigenvalue weighted by atomic mass is 10.0. The Hall–Kier alpha value is -1.14. The zero-order chi connectivity index (χ0) is 11.5. The van der Waals surface area contributed by atoms with Gasteiger partial charge in [-0.1, -0.05) is 0 Å². The number of hydrogen-bond acceptors (Lipinski definition) is 3. The van der Waals surface area contributed by atoms with Crippen molar-refractivity contribution in [2.45, 2.75) is 0 Å². The van der Waals surface area contributed by atoms with Gasteiger partial charge in [0.05, 0.1) is 10.2 Å². The average molecular weight is 286 g/mol. The molecule has 1 aromatic heterocycles. The monoisotopic (exact) mass is 285 g/mol. The van der Waals surface area contributed by atoms with Gasteiger partial charge in [-0.3, -0.25) is 4.98 Å². The first-order valence-electron chi connectivity index (χ1n) is 4.97. The van der Waals surface area contributed by atoms with E-state index in [0.717, 1.165) is 4.47 Å². The quantitative estimate of drug-likeness (QED) is 0.861. The van der Waals surface area contributed by atoms with Crippen LogP contribution in [0.2, 0.25) is 0 Å². The number of rotatable bonds is 2. The fourth-order valence-corrected chi connectivity index (χ4v) is 1.87. The number of nitrogens with zero attached hydrogens (tertiary/aromatic N) is 2. The van der Waals surface area contributed by atoms with Crippen LogP contribution in [-0.4, -0.2) is 40.7 Å². The molecule has 2 amide bonds. The number of pyridine rings is 1. The number of aliphatic hydroxyl groups is 1. The molecule has 1 aliphatic rings. The molecule has 0 atom stereocenters. The summed E-state index contributed by atoms with van der Waals surface area (Å²) in [5.74, 6) is 0.228. The summed E-state index contributed by atoms with van der Waals surface area (Å²) in [6.07, 6.45) is 3.25. The van der Waals surface area contributed by atoms with E-state index in [2.05, 4.69) is 26.2 Å². The van der Waals surface area contributed by atoms with Crippen LogP contribution >= 0.6 is 15.9 Å². The maximum absolute atomic E-state index is 11.7. The first-order chi connectivity index (χ1) is 7.70. The Morgan fingerprint density at radius 3 is 3.06 bits per heavy atom. The van der Waals surface area contributed by atoms with Crippen LogP contribution in [-0.2, 0) is 0 Å². The van der Waals surface area contributed by atoms with Crippen LogP contribution in [0.3, 0.4) is 0 Å². The summed E-state index contributed by atoms with van der Waals surface area (Å²) in [6, 6.07) is 1.59. The third kappa shape index (κ3) is 2.33. The molecule has 1 aliphatic heterocycles. The normalized spacial score (nSPS) is 15.8. The van der Waals surface area contributed by atoms with E-state index in [1.54, 1.807) is 23.4 Å². The van der Waals surface area contributed by atoms with Gasteiger partial charge in [-0.25, -0.2) is 4.79 Å². The number of aliphatic hydroxyl groups excluding tert-OH is 1. The highest BCUT2D eigenvalue weighted by atomic mass is 79.9. The lowest BCUT2D eigenvalue weighted by molar-refractivity contribution is 0.0838. The van der Waals surface area contributed by atoms with Crippen molar-refractivity contribution in [3.63, 3.8) is 0 Å². The third-order valence-corrected chi connectivity index (χ3v) is 3.15. The van der Waals surface area contributed by atoms with Gasteiger partial charge in [0.1, 0.15) is 0 Å². The van der Waals surface area contributed by atoms with E-state index in [0.29, 0.717) is 18.8 Å². The number of aromatic nitrogens is 1. The second-order valence-corrected chi connectivity index (χ2v) is 4.59. The van der Waals surface area contributed by atoms with Gasteiger partial charge in [-0.15, -0.1) is 0 Å². The van der Waals surface area contributed by atoms with Crippen molar-refractivity contribution >= 4 is 27.6 Å². The molecular formula is C10H12BrN3O2. The Morgan fingerprint density at radius 1 is 1.69 bits per heavy atom. The van der Waals surface area contributed by atoms with Crippen molar-refractivity contribution in [2.24, 2.45) is 5.92 Å². The summed E-state index contributed by atoms with van der Waals surface area (Å²) < 4.78 is 0.752. The first-order valence-corrected chi connectivity index (χ1v) is 5.76. The Morgan fingerprint density at radius 2 is 2.44 bits per heavy atom. The molecule has 0 saturated carbocycles. The zero-order valence-corrected chi connectivity index (χ0v) is 10.1. The van der Waals surface area contributed by atoms with Gasteiger partial charge in [-0.05, 0) is 22.0 Å². The Balaban J connectivity index is 1.91. The third-order valence-electron chi connectivity index (χ3n) is 2.52.